The number of ether oxygens (including phenoxy) is 1. The molecule has 1 aromatic heterocycles. The molecule has 1 N–H and O–H groups in total. The largest absolute Gasteiger partial charge is 0.455 e. The van der Waals surface area contributed by atoms with Crippen LogP contribution >= 0.6 is 0 Å². The molecule has 0 aliphatic heterocycles. The van der Waals surface area contributed by atoms with Gasteiger partial charge in [-0.2, -0.15) is 0 Å². The van der Waals surface area contributed by atoms with Crippen molar-refractivity contribution >= 4 is 0 Å². The van der Waals surface area contributed by atoms with E-state index in [-0.39, 0.29) is 0 Å². The molecule has 0 aliphatic carbocycles. The number of nitrogens with one attached hydrogen (secondary N) is 1. The number of pyridine rings is 1. The van der Waals surface area contributed by atoms with E-state index in [0.717, 1.165) is 36.6 Å². The molecule has 0 unspecified atom stereocenters. The molecule has 0 aliphatic rings. The first kappa shape index (κ1) is 14.5. The van der Waals surface area contributed by atoms with E-state index in [1.54, 1.807) is 6.20 Å². The van der Waals surface area contributed by atoms with Crippen molar-refractivity contribution in [2.45, 2.75) is 33.7 Å². The fraction of sp³-hybridized carbons (Fsp3) is 0.353. The van der Waals surface area contributed by atoms with Crippen LogP contribution in [-0.2, 0) is 6.54 Å². The zero-order chi connectivity index (χ0) is 14.4. The lowest BCUT2D eigenvalue weighted by atomic mass is 10.1. The molecule has 0 atom stereocenters. The summed E-state index contributed by atoms with van der Waals surface area (Å²) in [6.45, 7) is 8.16. The highest BCUT2D eigenvalue weighted by Gasteiger charge is 2.04. The highest BCUT2D eigenvalue weighted by molar-refractivity contribution is 5.41. The van der Waals surface area contributed by atoms with Crippen LogP contribution in [-0.4, -0.2) is 11.5 Å². The second-order valence-corrected chi connectivity index (χ2v) is 5.01. The van der Waals surface area contributed by atoms with Gasteiger partial charge in [-0.05, 0) is 55.6 Å². The van der Waals surface area contributed by atoms with E-state index in [1.807, 2.05) is 24.4 Å². The number of nitrogens with zero attached hydrogens (tertiary/aromatic N) is 1. The molecule has 1 heterocycles. The van der Waals surface area contributed by atoms with E-state index in [1.165, 1.54) is 11.1 Å². The van der Waals surface area contributed by atoms with E-state index in [0.29, 0.717) is 0 Å². The fourth-order valence-electron chi connectivity index (χ4n) is 1.99. The maximum Gasteiger partial charge on any atom is 0.146 e. The second kappa shape index (κ2) is 7.06. The fourth-order valence-corrected chi connectivity index (χ4v) is 1.99. The molecule has 106 valence electrons. The maximum atomic E-state index is 5.95. The van der Waals surface area contributed by atoms with Crippen molar-refractivity contribution in [2.24, 2.45) is 0 Å². The topological polar surface area (TPSA) is 34.2 Å². The molecule has 0 fully saturated rings. The molecule has 1 aromatic carbocycles. The molecule has 0 amide bonds. The lowest BCUT2D eigenvalue weighted by Gasteiger charge is -2.11. The first-order valence-electron chi connectivity index (χ1n) is 7.09. The summed E-state index contributed by atoms with van der Waals surface area (Å²) >= 11 is 0. The Labute approximate surface area is 121 Å². The molecule has 0 radical (unpaired) electrons. The number of rotatable bonds is 6. The lowest BCUT2D eigenvalue weighted by Crippen LogP contribution is -2.13. The van der Waals surface area contributed by atoms with Crippen molar-refractivity contribution < 1.29 is 4.74 Å². The molecule has 2 rings (SSSR count). The molecule has 20 heavy (non-hydrogen) atoms. The van der Waals surface area contributed by atoms with Gasteiger partial charge in [0.15, 0.2) is 0 Å². The third kappa shape index (κ3) is 3.81. The van der Waals surface area contributed by atoms with Crippen molar-refractivity contribution in [3.05, 3.63) is 53.3 Å². The van der Waals surface area contributed by atoms with Crippen LogP contribution in [0.15, 0.2) is 36.7 Å². The van der Waals surface area contributed by atoms with Gasteiger partial charge in [0, 0.05) is 12.7 Å². The van der Waals surface area contributed by atoms with Gasteiger partial charge in [0.25, 0.3) is 0 Å². The number of hydrogen-bond donors (Lipinski definition) is 1. The molecule has 0 saturated heterocycles. The summed E-state index contributed by atoms with van der Waals surface area (Å²) in [5, 5.41) is 3.37. The minimum absolute atomic E-state index is 0.787. The van der Waals surface area contributed by atoms with Gasteiger partial charge in [-0.25, -0.2) is 0 Å². The average Bonchev–Trinajstić information content (AvgIpc) is 2.45. The van der Waals surface area contributed by atoms with Gasteiger partial charge in [0.05, 0.1) is 6.20 Å². The van der Waals surface area contributed by atoms with Gasteiger partial charge in [-0.3, -0.25) is 4.98 Å². The van der Waals surface area contributed by atoms with E-state index in [2.05, 4.69) is 37.1 Å². The zero-order valence-electron chi connectivity index (χ0n) is 12.4. The predicted octanol–water partition coefficient (Wildman–Crippen LogP) is 3.99. The minimum Gasteiger partial charge on any atom is -0.455 e. The Balaban J connectivity index is 2.09. The lowest BCUT2D eigenvalue weighted by molar-refractivity contribution is 0.474. The zero-order valence-corrected chi connectivity index (χ0v) is 12.4. The van der Waals surface area contributed by atoms with E-state index < -0.39 is 0 Å². The normalized spacial score (nSPS) is 10.6. The third-order valence-electron chi connectivity index (χ3n) is 3.31. The molecular formula is C17H22N2O. The van der Waals surface area contributed by atoms with Gasteiger partial charge < -0.3 is 10.1 Å². The summed E-state index contributed by atoms with van der Waals surface area (Å²) < 4.78 is 5.95. The summed E-state index contributed by atoms with van der Waals surface area (Å²) in [7, 11) is 0. The summed E-state index contributed by atoms with van der Waals surface area (Å²) in [5.41, 5.74) is 3.54. The Kier molecular flexibility index (Phi) is 5.13. The van der Waals surface area contributed by atoms with Crippen LogP contribution in [0.3, 0.4) is 0 Å². The minimum atomic E-state index is 0.787. The molecule has 0 spiro atoms. The molecule has 3 nitrogen and oxygen atoms in total. The van der Waals surface area contributed by atoms with Crippen molar-refractivity contribution in [3.8, 4) is 11.5 Å². The molecular weight excluding hydrogens is 248 g/mol. The van der Waals surface area contributed by atoms with E-state index in [4.69, 9.17) is 4.74 Å². The number of benzene rings is 1. The molecule has 2 aromatic rings. The second-order valence-electron chi connectivity index (χ2n) is 5.01. The van der Waals surface area contributed by atoms with Crippen molar-refractivity contribution in [1.29, 1.82) is 0 Å². The van der Waals surface area contributed by atoms with Crippen LogP contribution in [0.5, 0.6) is 11.5 Å². The Hall–Kier alpha value is -1.87. The van der Waals surface area contributed by atoms with E-state index >= 15 is 0 Å². The van der Waals surface area contributed by atoms with Crippen LogP contribution < -0.4 is 10.1 Å². The monoisotopic (exact) mass is 270 g/mol. The Bertz CT molecular complexity index is 567. The highest BCUT2D eigenvalue weighted by atomic mass is 16.5. The van der Waals surface area contributed by atoms with Gasteiger partial charge in [0.1, 0.15) is 11.5 Å². The van der Waals surface area contributed by atoms with Gasteiger partial charge in [0.2, 0.25) is 0 Å². The number of aromatic nitrogens is 1. The number of aryl methyl sites for hydroxylation is 1. The van der Waals surface area contributed by atoms with E-state index in [9.17, 15) is 0 Å². The Morgan fingerprint density at radius 2 is 2.05 bits per heavy atom. The predicted molar refractivity (Wildman–Crippen MR) is 82.2 cm³/mol. The molecule has 3 heteroatoms. The van der Waals surface area contributed by atoms with Gasteiger partial charge in [-0.1, -0.05) is 19.1 Å². The van der Waals surface area contributed by atoms with Crippen LogP contribution in [0.4, 0.5) is 0 Å². The van der Waals surface area contributed by atoms with Gasteiger partial charge >= 0.3 is 0 Å². The van der Waals surface area contributed by atoms with Crippen molar-refractivity contribution in [3.63, 3.8) is 0 Å². The first-order chi connectivity index (χ1) is 9.70. The maximum absolute atomic E-state index is 5.95. The van der Waals surface area contributed by atoms with Crippen LogP contribution in [0.1, 0.15) is 30.0 Å². The Morgan fingerprint density at radius 1 is 1.20 bits per heavy atom. The smallest absolute Gasteiger partial charge is 0.146 e. The summed E-state index contributed by atoms with van der Waals surface area (Å²) in [6, 6.07) is 8.13. The standard InChI is InChI=1S/C17H22N2O/c1-4-8-18-10-15-9-16(12-19-11-15)20-17-7-5-6-13(2)14(17)3/h5-7,9,11-12,18H,4,8,10H2,1-3H3. The summed E-state index contributed by atoms with van der Waals surface area (Å²) in [4.78, 5) is 4.25. The average molecular weight is 270 g/mol. The highest BCUT2D eigenvalue weighted by Crippen LogP contribution is 2.26. The molecule has 0 bridgehead atoms. The van der Waals surface area contributed by atoms with Crippen LogP contribution in [0.2, 0.25) is 0 Å². The summed E-state index contributed by atoms with van der Waals surface area (Å²) in [5.74, 6) is 1.68. The quantitative estimate of drug-likeness (QED) is 0.806. The summed E-state index contributed by atoms with van der Waals surface area (Å²) in [6.07, 6.45) is 4.76. The van der Waals surface area contributed by atoms with Crippen molar-refractivity contribution in [1.82, 2.24) is 10.3 Å². The molecule has 0 saturated carbocycles. The SMILES string of the molecule is CCCNCc1cncc(Oc2cccc(C)c2C)c1. The third-order valence-corrected chi connectivity index (χ3v) is 3.31. The van der Waals surface area contributed by atoms with Crippen LogP contribution in [0, 0.1) is 13.8 Å². The Morgan fingerprint density at radius 3 is 2.85 bits per heavy atom. The first-order valence-corrected chi connectivity index (χ1v) is 7.09. The number of hydrogen-bond acceptors (Lipinski definition) is 3. The van der Waals surface area contributed by atoms with Gasteiger partial charge in [-0.15, -0.1) is 0 Å². The van der Waals surface area contributed by atoms with Crippen LogP contribution in [0.25, 0.3) is 0 Å². The van der Waals surface area contributed by atoms with Crippen molar-refractivity contribution in [2.75, 3.05) is 6.54 Å².